The van der Waals surface area contributed by atoms with Crippen molar-refractivity contribution in [3.05, 3.63) is 68.2 Å². The van der Waals surface area contributed by atoms with Crippen LogP contribution in [0.3, 0.4) is 0 Å². The lowest BCUT2D eigenvalue weighted by molar-refractivity contribution is -0.385. The van der Waals surface area contributed by atoms with Gasteiger partial charge in [0, 0.05) is 53.6 Å². The average Bonchev–Trinajstić information content (AvgIpc) is 2.71. The molecular formula is C20H21BrN2O6S. The van der Waals surface area contributed by atoms with Crippen molar-refractivity contribution in [1.82, 2.24) is 5.32 Å². The lowest BCUT2D eigenvalue weighted by Gasteiger charge is -2.38. The molecule has 2 aromatic carbocycles. The molecule has 160 valence electrons. The molecule has 0 atom stereocenters. The first-order chi connectivity index (χ1) is 14.1. The molecule has 0 aliphatic carbocycles. The highest BCUT2D eigenvalue weighted by Crippen LogP contribution is 2.35. The third-order valence-corrected chi connectivity index (χ3v) is 6.85. The molecule has 0 bridgehead atoms. The predicted octanol–water partition coefficient (Wildman–Crippen LogP) is 3.24. The monoisotopic (exact) mass is 496 g/mol. The van der Waals surface area contributed by atoms with Gasteiger partial charge in [-0.25, -0.2) is 8.42 Å². The summed E-state index contributed by atoms with van der Waals surface area (Å²) in [6.07, 6.45) is 2.35. The number of carbonyl (C=O) groups excluding carboxylic acids is 1. The Morgan fingerprint density at radius 3 is 2.53 bits per heavy atom. The Labute approximate surface area is 182 Å². The van der Waals surface area contributed by atoms with Crippen molar-refractivity contribution in [2.24, 2.45) is 0 Å². The maximum absolute atomic E-state index is 12.8. The van der Waals surface area contributed by atoms with Crippen LogP contribution in [-0.2, 0) is 20.0 Å². The van der Waals surface area contributed by atoms with Crippen molar-refractivity contribution >= 4 is 37.4 Å². The van der Waals surface area contributed by atoms with Crippen LogP contribution < -0.4 is 5.32 Å². The molecule has 1 N–H and O–H groups in total. The van der Waals surface area contributed by atoms with E-state index in [0.29, 0.717) is 32.6 Å². The number of benzene rings is 2. The van der Waals surface area contributed by atoms with Gasteiger partial charge in [0.15, 0.2) is 9.84 Å². The fourth-order valence-electron chi connectivity index (χ4n) is 3.53. The zero-order valence-corrected chi connectivity index (χ0v) is 18.7. The number of hydrogen-bond acceptors (Lipinski definition) is 6. The summed E-state index contributed by atoms with van der Waals surface area (Å²) in [5.74, 6) is -0.565. The van der Waals surface area contributed by atoms with E-state index in [4.69, 9.17) is 4.74 Å². The number of hydrogen-bond donors (Lipinski definition) is 1. The highest BCUT2D eigenvalue weighted by atomic mass is 79.9. The molecular weight excluding hydrogens is 476 g/mol. The molecule has 30 heavy (non-hydrogen) atoms. The molecule has 0 spiro atoms. The van der Waals surface area contributed by atoms with Gasteiger partial charge in [0.1, 0.15) is 0 Å². The van der Waals surface area contributed by atoms with Gasteiger partial charge in [-0.05, 0) is 36.6 Å². The van der Waals surface area contributed by atoms with E-state index in [0.717, 1.165) is 34.5 Å². The Kier molecular flexibility index (Phi) is 6.59. The molecule has 0 radical (unpaired) electrons. The first-order valence-electron chi connectivity index (χ1n) is 9.22. The van der Waals surface area contributed by atoms with E-state index in [2.05, 4.69) is 21.2 Å². The lowest BCUT2D eigenvalue weighted by Crippen LogP contribution is -2.44. The molecule has 1 aliphatic heterocycles. The van der Waals surface area contributed by atoms with Crippen molar-refractivity contribution < 1.29 is 22.9 Å². The Morgan fingerprint density at radius 1 is 1.23 bits per heavy atom. The Hall–Kier alpha value is -2.30. The van der Waals surface area contributed by atoms with Gasteiger partial charge < -0.3 is 10.1 Å². The molecule has 1 aliphatic rings. The Balaban J connectivity index is 1.89. The number of non-ortho nitro benzene ring substituents is 1. The van der Waals surface area contributed by atoms with Gasteiger partial charge >= 0.3 is 0 Å². The minimum Gasteiger partial charge on any atom is -0.381 e. The van der Waals surface area contributed by atoms with Crippen LogP contribution in [0.1, 0.15) is 28.8 Å². The third kappa shape index (κ3) is 5.05. The summed E-state index contributed by atoms with van der Waals surface area (Å²) >= 11 is 3.48. The van der Waals surface area contributed by atoms with Gasteiger partial charge in [0.25, 0.3) is 11.6 Å². The zero-order valence-electron chi connectivity index (χ0n) is 16.3. The van der Waals surface area contributed by atoms with Gasteiger partial charge in [-0.3, -0.25) is 14.9 Å². The Morgan fingerprint density at radius 2 is 1.93 bits per heavy atom. The van der Waals surface area contributed by atoms with E-state index < -0.39 is 26.4 Å². The van der Waals surface area contributed by atoms with Crippen LogP contribution in [-0.4, -0.2) is 45.3 Å². The first-order valence-corrected chi connectivity index (χ1v) is 11.9. The minimum absolute atomic E-state index is 0.0684. The zero-order chi connectivity index (χ0) is 21.9. The number of amides is 1. The molecule has 1 heterocycles. The van der Waals surface area contributed by atoms with Gasteiger partial charge in [0.05, 0.1) is 9.82 Å². The van der Waals surface area contributed by atoms with Crippen LogP contribution in [0.25, 0.3) is 0 Å². The van der Waals surface area contributed by atoms with Crippen LogP contribution in [0.2, 0.25) is 0 Å². The number of nitro groups is 1. The molecule has 1 saturated heterocycles. The molecule has 1 fully saturated rings. The molecule has 2 aromatic rings. The minimum atomic E-state index is -3.72. The van der Waals surface area contributed by atoms with Crippen LogP contribution in [0.5, 0.6) is 0 Å². The number of nitrogens with zero attached hydrogens (tertiary/aromatic N) is 1. The molecule has 10 heteroatoms. The topological polar surface area (TPSA) is 116 Å². The van der Waals surface area contributed by atoms with Crippen molar-refractivity contribution in [3.63, 3.8) is 0 Å². The predicted molar refractivity (Wildman–Crippen MR) is 114 cm³/mol. The van der Waals surface area contributed by atoms with E-state index >= 15 is 0 Å². The summed E-state index contributed by atoms with van der Waals surface area (Å²) in [5, 5.41) is 14.0. The summed E-state index contributed by atoms with van der Waals surface area (Å²) in [4.78, 5) is 23.0. The summed E-state index contributed by atoms with van der Waals surface area (Å²) in [7, 11) is -3.72. The van der Waals surface area contributed by atoms with Crippen LogP contribution >= 0.6 is 15.9 Å². The van der Waals surface area contributed by atoms with Crippen molar-refractivity contribution in [2.75, 3.05) is 26.0 Å². The fourth-order valence-corrected chi connectivity index (χ4v) is 4.61. The van der Waals surface area contributed by atoms with Gasteiger partial charge in [-0.2, -0.15) is 0 Å². The van der Waals surface area contributed by atoms with Gasteiger partial charge in [0.2, 0.25) is 0 Å². The molecule has 3 rings (SSSR count). The SMILES string of the molecule is CS(=O)(=O)c1cc(C(=O)NCC2(c3cccc(Br)c3)CCOCC2)cc([N+](=O)[O-])c1. The molecule has 0 aromatic heterocycles. The normalized spacial score (nSPS) is 16.1. The van der Waals surface area contributed by atoms with Crippen LogP contribution in [0.4, 0.5) is 5.69 Å². The smallest absolute Gasteiger partial charge is 0.271 e. The van der Waals surface area contributed by atoms with Crippen LogP contribution in [0.15, 0.2) is 51.8 Å². The number of nitrogens with one attached hydrogen (secondary N) is 1. The lowest BCUT2D eigenvalue weighted by atomic mass is 9.74. The highest BCUT2D eigenvalue weighted by molar-refractivity contribution is 9.10. The standard InChI is InChI=1S/C20H21BrN2O6S/c1-30(27,28)18-10-14(9-17(12-18)23(25)26)19(24)22-13-20(5-7-29-8-6-20)15-3-2-4-16(21)11-15/h2-4,9-12H,5-8,13H2,1H3,(H,22,24). The number of sulfone groups is 1. The van der Waals surface area contributed by atoms with E-state index in [-0.39, 0.29) is 15.9 Å². The highest BCUT2D eigenvalue weighted by Gasteiger charge is 2.35. The van der Waals surface area contributed by atoms with Crippen molar-refractivity contribution in [2.45, 2.75) is 23.2 Å². The molecule has 0 unspecified atom stereocenters. The molecule has 0 saturated carbocycles. The number of rotatable bonds is 6. The number of nitro benzene ring substituents is 1. The van der Waals surface area contributed by atoms with Crippen molar-refractivity contribution in [1.29, 1.82) is 0 Å². The number of ether oxygens (including phenoxy) is 1. The van der Waals surface area contributed by atoms with Gasteiger partial charge in [-0.1, -0.05) is 28.1 Å². The summed E-state index contributed by atoms with van der Waals surface area (Å²) in [6, 6.07) is 11.0. The van der Waals surface area contributed by atoms with E-state index in [1.807, 2.05) is 24.3 Å². The Bertz CT molecular complexity index is 1080. The van der Waals surface area contributed by atoms with E-state index in [9.17, 15) is 23.3 Å². The van der Waals surface area contributed by atoms with Gasteiger partial charge in [-0.15, -0.1) is 0 Å². The second-order valence-corrected chi connectivity index (χ2v) is 10.3. The number of halogens is 1. The van der Waals surface area contributed by atoms with E-state index in [1.165, 1.54) is 0 Å². The second-order valence-electron chi connectivity index (χ2n) is 7.33. The third-order valence-electron chi connectivity index (χ3n) is 5.27. The maximum atomic E-state index is 12.8. The quantitative estimate of drug-likeness (QED) is 0.484. The van der Waals surface area contributed by atoms with Crippen LogP contribution in [0, 0.1) is 10.1 Å². The average molecular weight is 497 g/mol. The second kappa shape index (κ2) is 8.83. The number of carbonyl (C=O) groups is 1. The largest absolute Gasteiger partial charge is 0.381 e. The summed E-state index contributed by atoms with van der Waals surface area (Å²) < 4.78 is 30.2. The first kappa shape index (κ1) is 22.4. The fraction of sp³-hybridized carbons (Fsp3) is 0.350. The summed E-state index contributed by atoms with van der Waals surface area (Å²) in [5.41, 5.74) is 0.186. The summed E-state index contributed by atoms with van der Waals surface area (Å²) in [6.45, 7) is 1.40. The molecule has 1 amide bonds. The van der Waals surface area contributed by atoms with Crippen molar-refractivity contribution in [3.8, 4) is 0 Å². The van der Waals surface area contributed by atoms with E-state index in [1.54, 1.807) is 0 Å². The maximum Gasteiger partial charge on any atom is 0.271 e. The molecule has 8 nitrogen and oxygen atoms in total.